The number of hydrogen-bond donors (Lipinski definition) is 3. The van der Waals surface area contributed by atoms with Crippen LogP contribution < -0.4 is 16.0 Å². The van der Waals surface area contributed by atoms with E-state index in [0.717, 1.165) is 24.0 Å². The number of unbranched alkanes of at least 4 members (excludes halogenated alkanes) is 4. The monoisotopic (exact) mass is 611 g/mol. The summed E-state index contributed by atoms with van der Waals surface area (Å²) in [5, 5.41) is 9.47. The number of carbonyl (C=O) groups is 3. The van der Waals surface area contributed by atoms with Crippen LogP contribution in [0.2, 0.25) is 0 Å². The Balaban J connectivity index is 1.62. The van der Waals surface area contributed by atoms with Crippen LogP contribution in [0.15, 0.2) is 91.0 Å². The Bertz CT molecular complexity index is 1300. The Morgan fingerprint density at radius 2 is 1.40 bits per heavy atom. The summed E-state index contributed by atoms with van der Waals surface area (Å²) in [5.41, 5.74) is 2.80. The minimum atomic E-state index is -0.342. The Morgan fingerprint density at radius 3 is 1.98 bits per heavy atom. The third-order valence-electron chi connectivity index (χ3n) is 8.85. The van der Waals surface area contributed by atoms with Gasteiger partial charge in [0.2, 0.25) is 5.91 Å². The van der Waals surface area contributed by atoms with Crippen molar-refractivity contribution in [3.05, 3.63) is 108 Å². The topological polar surface area (TPSA) is 93.8 Å². The maximum absolute atomic E-state index is 13.3. The molecule has 3 N–H and O–H groups in total. The van der Waals surface area contributed by atoms with Gasteiger partial charge in [0.05, 0.1) is 12.2 Å². The Hall–Kier alpha value is -4.17. The van der Waals surface area contributed by atoms with Gasteiger partial charge in [-0.3, -0.25) is 14.5 Å². The normalized spacial score (nSPS) is 18.3. The molecule has 3 aromatic carbocycles. The molecule has 1 heterocycles. The highest BCUT2D eigenvalue weighted by Crippen LogP contribution is 2.36. The van der Waals surface area contributed by atoms with Gasteiger partial charge in [-0.1, -0.05) is 111 Å². The van der Waals surface area contributed by atoms with Crippen LogP contribution in [0.1, 0.15) is 79.9 Å². The van der Waals surface area contributed by atoms with Crippen LogP contribution in [0.3, 0.4) is 0 Å². The molecular weight excluding hydrogens is 562 g/mol. The number of urea groups is 1. The molecule has 8 nitrogen and oxygen atoms in total. The predicted molar refractivity (Wildman–Crippen MR) is 180 cm³/mol. The van der Waals surface area contributed by atoms with Crippen LogP contribution in [-0.2, 0) is 4.79 Å². The van der Waals surface area contributed by atoms with E-state index in [1.807, 2.05) is 61.6 Å². The number of nitrogens with one attached hydrogen (secondary N) is 3. The number of nitrogens with zero attached hydrogens (tertiary/aromatic N) is 2. The zero-order valence-electron chi connectivity index (χ0n) is 27.0. The first-order chi connectivity index (χ1) is 21.9. The van der Waals surface area contributed by atoms with Crippen LogP contribution in [0, 0.1) is 5.92 Å². The zero-order valence-corrected chi connectivity index (χ0v) is 27.0. The van der Waals surface area contributed by atoms with E-state index >= 15 is 0 Å². The quantitative estimate of drug-likeness (QED) is 0.196. The summed E-state index contributed by atoms with van der Waals surface area (Å²) in [7, 11) is 1.83. The first kappa shape index (κ1) is 33.7. The smallest absolute Gasteiger partial charge is 0.316 e. The molecule has 0 saturated carbocycles. The van der Waals surface area contributed by atoms with Crippen LogP contribution in [0.5, 0.6) is 0 Å². The van der Waals surface area contributed by atoms with Gasteiger partial charge in [-0.25, -0.2) is 4.79 Å². The predicted octanol–water partition coefficient (Wildman–Crippen LogP) is 5.97. The molecule has 3 aromatic rings. The molecule has 0 radical (unpaired) electrons. The summed E-state index contributed by atoms with van der Waals surface area (Å²) in [6.07, 6.45) is 5.81. The molecule has 45 heavy (non-hydrogen) atoms. The van der Waals surface area contributed by atoms with Crippen molar-refractivity contribution in [1.82, 2.24) is 25.8 Å². The molecule has 3 unspecified atom stereocenters. The number of hydrogen-bond acceptors (Lipinski definition) is 4. The van der Waals surface area contributed by atoms with Crippen molar-refractivity contribution < 1.29 is 14.4 Å². The zero-order chi connectivity index (χ0) is 32.0. The van der Waals surface area contributed by atoms with Crippen molar-refractivity contribution in [2.24, 2.45) is 5.92 Å². The summed E-state index contributed by atoms with van der Waals surface area (Å²) in [5.74, 6) is -0.282. The van der Waals surface area contributed by atoms with E-state index in [1.165, 1.54) is 19.3 Å². The van der Waals surface area contributed by atoms with Gasteiger partial charge in [0.15, 0.2) is 0 Å². The summed E-state index contributed by atoms with van der Waals surface area (Å²) in [4.78, 5) is 43.2. The molecule has 4 amide bonds. The average molecular weight is 612 g/mol. The van der Waals surface area contributed by atoms with Gasteiger partial charge < -0.3 is 20.9 Å². The van der Waals surface area contributed by atoms with Crippen LogP contribution in [0.25, 0.3) is 0 Å². The van der Waals surface area contributed by atoms with Crippen molar-refractivity contribution in [3.8, 4) is 0 Å². The Kier molecular flexibility index (Phi) is 13.0. The molecule has 240 valence electrons. The van der Waals surface area contributed by atoms with Gasteiger partial charge >= 0.3 is 6.03 Å². The summed E-state index contributed by atoms with van der Waals surface area (Å²) < 4.78 is 0. The number of carbonyl (C=O) groups excluding carboxylic acids is 3. The Morgan fingerprint density at radius 1 is 0.822 bits per heavy atom. The second kappa shape index (κ2) is 17.4. The second-order valence-corrected chi connectivity index (χ2v) is 12.0. The molecule has 1 saturated heterocycles. The summed E-state index contributed by atoms with van der Waals surface area (Å²) in [6.45, 7) is 5.28. The van der Waals surface area contributed by atoms with Crippen molar-refractivity contribution in [2.75, 3.05) is 26.7 Å². The molecule has 8 heteroatoms. The molecule has 0 aliphatic carbocycles. The minimum Gasteiger partial charge on any atom is -0.352 e. The van der Waals surface area contributed by atoms with Gasteiger partial charge in [-0.05, 0) is 36.1 Å². The fourth-order valence-corrected chi connectivity index (χ4v) is 6.28. The van der Waals surface area contributed by atoms with Gasteiger partial charge in [0.25, 0.3) is 5.91 Å². The highest BCUT2D eigenvalue weighted by Gasteiger charge is 2.42. The van der Waals surface area contributed by atoms with Crippen molar-refractivity contribution in [1.29, 1.82) is 0 Å². The SMILES string of the molecule is CCCCCCCNC(=O)NC1CC(CNC(=O)c2ccccc2)C(N(C)C(C)=O)CN1C(c1ccccc1)c1ccccc1. The van der Waals surface area contributed by atoms with E-state index in [-0.39, 0.29) is 42.0 Å². The van der Waals surface area contributed by atoms with Crippen molar-refractivity contribution in [3.63, 3.8) is 0 Å². The molecule has 1 fully saturated rings. The average Bonchev–Trinajstić information content (AvgIpc) is 3.07. The fourth-order valence-electron chi connectivity index (χ4n) is 6.28. The number of likely N-dealkylation sites (N-methyl/N-ethyl adjacent to an activating group) is 1. The Labute approximate surface area is 268 Å². The largest absolute Gasteiger partial charge is 0.352 e. The van der Waals surface area contributed by atoms with E-state index in [2.05, 4.69) is 52.0 Å². The van der Waals surface area contributed by atoms with Crippen molar-refractivity contribution in [2.45, 2.75) is 70.6 Å². The van der Waals surface area contributed by atoms with E-state index in [0.29, 0.717) is 31.6 Å². The van der Waals surface area contributed by atoms with Gasteiger partial charge in [0.1, 0.15) is 0 Å². The summed E-state index contributed by atoms with van der Waals surface area (Å²) >= 11 is 0. The van der Waals surface area contributed by atoms with Crippen LogP contribution in [-0.4, -0.2) is 66.5 Å². The number of benzene rings is 3. The molecule has 4 rings (SSSR count). The maximum Gasteiger partial charge on any atom is 0.316 e. The lowest BCUT2D eigenvalue weighted by Gasteiger charge is -2.50. The van der Waals surface area contributed by atoms with E-state index in [9.17, 15) is 14.4 Å². The van der Waals surface area contributed by atoms with Crippen LogP contribution >= 0.6 is 0 Å². The fraction of sp³-hybridized carbons (Fsp3) is 0.432. The van der Waals surface area contributed by atoms with E-state index < -0.39 is 0 Å². The lowest BCUT2D eigenvalue weighted by molar-refractivity contribution is -0.133. The molecule has 1 aliphatic heterocycles. The van der Waals surface area contributed by atoms with Gasteiger partial charge in [0, 0.05) is 51.1 Å². The molecule has 0 aromatic heterocycles. The lowest BCUT2D eigenvalue weighted by Crippen LogP contribution is -2.63. The molecular formula is C37H49N5O3. The molecule has 0 bridgehead atoms. The van der Waals surface area contributed by atoms with Crippen LogP contribution in [0.4, 0.5) is 4.79 Å². The first-order valence-corrected chi connectivity index (χ1v) is 16.4. The number of piperidine rings is 1. The van der Waals surface area contributed by atoms with E-state index in [1.54, 1.807) is 24.0 Å². The minimum absolute atomic E-state index is 0.0393. The third kappa shape index (κ3) is 9.66. The summed E-state index contributed by atoms with van der Waals surface area (Å²) in [6, 6.07) is 29.2. The maximum atomic E-state index is 13.3. The number of amides is 4. The van der Waals surface area contributed by atoms with Gasteiger partial charge in [-0.2, -0.15) is 0 Å². The van der Waals surface area contributed by atoms with Gasteiger partial charge in [-0.15, -0.1) is 0 Å². The molecule has 3 atom stereocenters. The first-order valence-electron chi connectivity index (χ1n) is 16.4. The molecule has 0 spiro atoms. The number of likely N-dealkylation sites (tertiary alicyclic amines) is 1. The van der Waals surface area contributed by atoms with E-state index in [4.69, 9.17) is 0 Å². The lowest BCUT2D eigenvalue weighted by atomic mass is 9.85. The highest BCUT2D eigenvalue weighted by atomic mass is 16.2. The third-order valence-corrected chi connectivity index (χ3v) is 8.85. The molecule has 1 aliphatic rings. The highest BCUT2D eigenvalue weighted by molar-refractivity contribution is 5.94. The number of rotatable bonds is 14. The second-order valence-electron chi connectivity index (χ2n) is 12.0. The standard InChI is InChI=1S/C37H49N5O3/c1-4-5-6-7-17-24-38-37(45)40-34-25-32(26-39-36(44)31-22-15-10-16-23-31)33(41(3)28(2)43)27-42(34)35(29-18-11-8-12-19-29)30-20-13-9-14-21-30/h8-16,18-23,32-35H,4-7,17,24-27H2,1-3H3,(H,39,44)(H2,38,40,45). The van der Waals surface area contributed by atoms with Crippen molar-refractivity contribution >= 4 is 17.8 Å².